The Morgan fingerprint density at radius 3 is 2.53 bits per heavy atom. The zero-order chi connectivity index (χ0) is 12.5. The molecule has 1 aliphatic rings. The number of nitrogens with zero attached hydrogens (tertiary/aromatic N) is 3. The van der Waals surface area contributed by atoms with Gasteiger partial charge < -0.3 is 10.6 Å². The van der Waals surface area contributed by atoms with E-state index in [2.05, 4.69) is 35.6 Å². The maximum Gasteiger partial charge on any atom is 0.137 e. The van der Waals surface area contributed by atoms with Crippen molar-refractivity contribution in [1.82, 2.24) is 9.97 Å². The first-order valence-corrected chi connectivity index (χ1v) is 6.38. The van der Waals surface area contributed by atoms with Crippen LogP contribution in [0.5, 0.6) is 0 Å². The average molecular weight is 234 g/mol. The maximum atomic E-state index is 5.91. The molecule has 2 rings (SSSR count). The van der Waals surface area contributed by atoms with E-state index in [1.165, 1.54) is 12.8 Å². The van der Waals surface area contributed by atoms with Gasteiger partial charge in [-0.05, 0) is 24.7 Å². The first kappa shape index (κ1) is 12.1. The summed E-state index contributed by atoms with van der Waals surface area (Å²) in [6.07, 6.45) is 4.88. The molecule has 2 heterocycles. The third-order valence-electron chi connectivity index (χ3n) is 3.73. The molecular formula is C13H22N4. The molecule has 0 aromatic carbocycles. The molecule has 0 bridgehead atoms. The van der Waals surface area contributed by atoms with Crippen LogP contribution in [0.1, 0.15) is 39.2 Å². The van der Waals surface area contributed by atoms with Crippen molar-refractivity contribution < 1.29 is 0 Å². The fourth-order valence-electron chi connectivity index (χ4n) is 2.35. The summed E-state index contributed by atoms with van der Waals surface area (Å²) in [6.45, 7) is 8.90. The summed E-state index contributed by atoms with van der Waals surface area (Å²) in [5, 5.41) is 0. The summed E-state index contributed by atoms with van der Waals surface area (Å²) in [5.74, 6) is 1.66. The van der Waals surface area contributed by atoms with Crippen LogP contribution in [0, 0.1) is 5.41 Å². The molecule has 4 nitrogen and oxygen atoms in total. The SMILES string of the molecule is CCc1c(N)ncnc1N1CCC(C)(C)CC1. The highest BCUT2D eigenvalue weighted by atomic mass is 15.2. The quantitative estimate of drug-likeness (QED) is 0.852. The summed E-state index contributed by atoms with van der Waals surface area (Å²) >= 11 is 0. The number of hydrogen-bond acceptors (Lipinski definition) is 4. The fraction of sp³-hybridized carbons (Fsp3) is 0.692. The molecule has 0 atom stereocenters. The number of hydrogen-bond donors (Lipinski definition) is 1. The van der Waals surface area contributed by atoms with Gasteiger partial charge >= 0.3 is 0 Å². The maximum absolute atomic E-state index is 5.91. The van der Waals surface area contributed by atoms with Gasteiger partial charge in [0.05, 0.1) is 0 Å². The van der Waals surface area contributed by atoms with Crippen molar-refractivity contribution in [2.24, 2.45) is 5.41 Å². The smallest absolute Gasteiger partial charge is 0.137 e. The van der Waals surface area contributed by atoms with Crippen molar-refractivity contribution in [1.29, 1.82) is 0 Å². The Morgan fingerprint density at radius 2 is 1.94 bits per heavy atom. The first-order valence-electron chi connectivity index (χ1n) is 6.38. The Hall–Kier alpha value is -1.32. The van der Waals surface area contributed by atoms with E-state index >= 15 is 0 Å². The van der Waals surface area contributed by atoms with Crippen LogP contribution in [0.2, 0.25) is 0 Å². The van der Waals surface area contributed by atoms with Crippen LogP contribution in [0.3, 0.4) is 0 Å². The molecule has 0 saturated carbocycles. The summed E-state index contributed by atoms with van der Waals surface area (Å²) in [7, 11) is 0. The van der Waals surface area contributed by atoms with Gasteiger partial charge in [-0.3, -0.25) is 0 Å². The van der Waals surface area contributed by atoms with E-state index in [9.17, 15) is 0 Å². The van der Waals surface area contributed by atoms with E-state index in [1.54, 1.807) is 6.33 Å². The molecule has 1 fully saturated rings. The van der Waals surface area contributed by atoms with E-state index in [4.69, 9.17) is 5.73 Å². The first-order chi connectivity index (χ1) is 8.03. The predicted octanol–water partition coefficient (Wildman–Crippen LogP) is 2.25. The van der Waals surface area contributed by atoms with E-state index in [-0.39, 0.29) is 0 Å². The number of nitrogens with two attached hydrogens (primary N) is 1. The van der Waals surface area contributed by atoms with Gasteiger partial charge in [0.1, 0.15) is 18.0 Å². The minimum atomic E-state index is 0.460. The topological polar surface area (TPSA) is 55.0 Å². The fourth-order valence-corrected chi connectivity index (χ4v) is 2.35. The lowest BCUT2D eigenvalue weighted by molar-refractivity contribution is 0.279. The molecule has 4 heteroatoms. The number of rotatable bonds is 2. The lowest BCUT2D eigenvalue weighted by Gasteiger charge is -2.38. The molecule has 1 aromatic heterocycles. The van der Waals surface area contributed by atoms with Crippen LogP contribution < -0.4 is 10.6 Å². The van der Waals surface area contributed by atoms with Crippen molar-refractivity contribution in [3.05, 3.63) is 11.9 Å². The van der Waals surface area contributed by atoms with Crippen molar-refractivity contribution in [3.63, 3.8) is 0 Å². The number of nitrogen functional groups attached to an aromatic ring is 1. The Labute approximate surface area is 103 Å². The molecule has 0 radical (unpaired) electrons. The van der Waals surface area contributed by atoms with Crippen LogP contribution in [-0.4, -0.2) is 23.1 Å². The van der Waals surface area contributed by atoms with Crippen molar-refractivity contribution >= 4 is 11.6 Å². The second-order valence-electron chi connectivity index (χ2n) is 5.57. The summed E-state index contributed by atoms with van der Waals surface area (Å²) in [4.78, 5) is 10.8. The largest absolute Gasteiger partial charge is 0.383 e. The monoisotopic (exact) mass is 234 g/mol. The molecule has 94 valence electrons. The van der Waals surface area contributed by atoms with Crippen LogP contribution in [-0.2, 0) is 6.42 Å². The molecule has 0 spiro atoms. The molecular weight excluding hydrogens is 212 g/mol. The van der Waals surface area contributed by atoms with E-state index in [1.807, 2.05) is 0 Å². The average Bonchev–Trinajstić information content (AvgIpc) is 2.29. The summed E-state index contributed by atoms with van der Waals surface area (Å²) in [5.41, 5.74) is 7.46. The van der Waals surface area contributed by atoms with Crippen molar-refractivity contribution in [2.75, 3.05) is 23.7 Å². The Kier molecular flexibility index (Phi) is 3.22. The molecule has 0 unspecified atom stereocenters. The number of anilines is 2. The van der Waals surface area contributed by atoms with Crippen LogP contribution in [0.25, 0.3) is 0 Å². The second-order valence-corrected chi connectivity index (χ2v) is 5.57. The highest BCUT2D eigenvalue weighted by molar-refractivity contribution is 5.56. The predicted molar refractivity (Wildman–Crippen MR) is 71.1 cm³/mol. The third kappa shape index (κ3) is 2.51. The molecule has 0 amide bonds. The van der Waals surface area contributed by atoms with Gasteiger partial charge in [0.15, 0.2) is 0 Å². The van der Waals surface area contributed by atoms with Crippen molar-refractivity contribution in [2.45, 2.75) is 40.0 Å². The lowest BCUT2D eigenvalue weighted by Crippen LogP contribution is -2.38. The van der Waals surface area contributed by atoms with Gasteiger partial charge in [-0.1, -0.05) is 20.8 Å². The van der Waals surface area contributed by atoms with Crippen LogP contribution in [0.4, 0.5) is 11.6 Å². The highest BCUT2D eigenvalue weighted by Crippen LogP contribution is 2.33. The Bertz CT molecular complexity index is 390. The minimum absolute atomic E-state index is 0.460. The normalized spacial score (nSPS) is 19.4. The Balaban J connectivity index is 2.21. The third-order valence-corrected chi connectivity index (χ3v) is 3.73. The zero-order valence-corrected chi connectivity index (χ0v) is 11.0. The molecule has 1 saturated heterocycles. The summed E-state index contributed by atoms with van der Waals surface area (Å²) in [6, 6.07) is 0. The van der Waals surface area contributed by atoms with Crippen LogP contribution >= 0.6 is 0 Å². The van der Waals surface area contributed by atoms with Crippen LogP contribution in [0.15, 0.2) is 6.33 Å². The van der Waals surface area contributed by atoms with Gasteiger partial charge in [-0.2, -0.15) is 0 Å². The summed E-state index contributed by atoms with van der Waals surface area (Å²) < 4.78 is 0. The number of piperidine rings is 1. The van der Waals surface area contributed by atoms with Gasteiger partial charge in [-0.25, -0.2) is 9.97 Å². The van der Waals surface area contributed by atoms with E-state index < -0.39 is 0 Å². The van der Waals surface area contributed by atoms with Crippen molar-refractivity contribution in [3.8, 4) is 0 Å². The highest BCUT2D eigenvalue weighted by Gasteiger charge is 2.27. The second kappa shape index (κ2) is 4.51. The van der Waals surface area contributed by atoms with Gasteiger partial charge in [0.2, 0.25) is 0 Å². The van der Waals surface area contributed by atoms with E-state index in [0.29, 0.717) is 11.2 Å². The molecule has 17 heavy (non-hydrogen) atoms. The minimum Gasteiger partial charge on any atom is -0.383 e. The molecule has 1 aromatic rings. The zero-order valence-electron chi connectivity index (χ0n) is 11.0. The molecule has 2 N–H and O–H groups in total. The number of aromatic nitrogens is 2. The van der Waals surface area contributed by atoms with Gasteiger partial charge in [0.25, 0.3) is 0 Å². The standard InChI is InChI=1S/C13H22N4/c1-4-10-11(14)15-9-16-12(10)17-7-5-13(2,3)6-8-17/h9H,4-8H2,1-3H3,(H2,14,15,16). The Morgan fingerprint density at radius 1 is 1.29 bits per heavy atom. The van der Waals surface area contributed by atoms with Gasteiger partial charge in [0, 0.05) is 18.7 Å². The molecule has 0 aliphatic carbocycles. The van der Waals surface area contributed by atoms with E-state index in [0.717, 1.165) is 30.9 Å². The van der Waals surface area contributed by atoms with Gasteiger partial charge in [-0.15, -0.1) is 0 Å². The lowest BCUT2D eigenvalue weighted by atomic mass is 9.82. The molecule has 1 aliphatic heterocycles.